The van der Waals surface area contributed by atoms with Crippen LogP contribution in [0.1, 0.15) is 82.3 Å². The van der Waals surface area contributed by atoms with E-state index in [0.29, 0.717) is 69.8 Å². The van der Waals surface area contributed by atoms with Crippen LogP contribution >= 0.6 is 0 Å². The van der Waals surface area contributed by atoms with Gasteiger partial charge in [0.1, 0.15) is 12.5 Å². The van der Waals surface area contributed by atoms with Crippen molar-refractivity contribution in [3.05, 3.63) is 29.3 Å². The van der Waals surface area contributed by atoms with Crippen LogP contribution in [0.2, 0.25) is 0 Å². The van der Waals surface area contributed by atoms with E-state index in [-0.39, 0.29) is 12.0 Å². The van der Waals surface area contributed by atoms with Crippen LogP contribution < -0.4 is 4.74 Å². The highest BCUT2D eigenvalue weighted by Gasteiger charge is 2.57. The summed E-state index contributed by atoms with van der Waals surface area (Å²) >= 11 is 0. The normalized spacial score (nSPS) is 29.6. The zero-order chi connectivity index (χ0) is 27.5. The summed E-state index contributed by atoms with van der Waals surface area (Å²) in [6, 6.07) is 6.79. The van der Waals surface area contributed by atoms with Crippen molar-refractivity contribution >= 4 is 0 Å². The largest absolute Gasteiger partial charge is 0.468 e. The van der Waals surface area contributed by atoms with E-state index in [2.05, 4.69) is 25.1 Å². The van der Waals surface area contributed by atoms with E-state index in [1.165, 1.54) is 44.1 Å². The number of rotatable bonds is 18. The van der Waals surface area contributed by atoms with E-state index in [4.69, 9.17) is 33.5 Å². The van der Waals surface area contributed by atoms with Gasteiger partial charge < -0.3 is 33.5 Å². The monoisotopic (exact) mass is 548 g/mol. The predicted octanol–water partition coefficient (Wildman–Crippen LogP) is 5.72. The minimum Gasteiger partial charge on any atom is -0.468 e. The minimum atomic E-state index is 0.0654. The number of aliphatic hydroxyl groups is 1. The number of hydrogen-bond acceptors (Lipinski definition) is 7. The summed E-state index contributed by atoms with van der Waals surface area (Å²) < 4.78 is 33.9. The number of benzene rings is 1. The van der Waals surface area contributed by atoms with Crippen LogP contribution in [-0.2, 0) is 30.1 Å². The zero-order valence-corrected chi connectivity index (χ0v) is 24.5. The van der Waals surface area contributed by atoms with Gasteiger partial charge in [-0.15, -0.1) is 0 Å². The predicted molar refractivity (Wildman–Crippen MR) is 151 cm³/mol. The number of unbranched alkanes of at least 4 members (excludes halogenated alkanes) is 2. The number of methoxy groups -OCH3 is 1. The van der Waals surface area contributed by atoms with Gasteiger partial charge in [-0.3, -0.25) is 0 Å². The Balaban J connectivity index is 1.40. The molecule has 3 aliphatic carbocycles. The van der Waals surface area contributed by atoms with Gasteiger partial charge in [0.05, 0.1) is 32.5 Å². The molecule has 0 aliphatic heterocycles. The van der Waals surface area contributed by atoms with Crippen LogP contribution in [-0.4, -0.2) is 71.5 Å². The Morgan fingerprint density at radius 2 is 1.79 bits per heavy atom. The van der Waals surface area contributed by atoms with Gasteiger partial charge in [0, 0.05) is 20.3 Å². The highest BCUT2D eigenvalue weighted by Crippen LogP contribution is 2.63. The molecular weight excluding hydrogens is 496 g/mol. The topological polar surface area (TPSA) is 75.6 Å². The third kappa shape index (κ3) is 7.75. The smallest absolute Gasteiger partial charge is 0.189 e. The molecule has 1 aromatic rings. The first-order valence-corrected chi connectivity index (χ1v) is 15.3. The average Bonchev–Trinajstić information content (AvgIpc) is 3.28. The fourth-order valence-corrected chi connectivity index (χ4v) is 7.88. The second-order valence-electron chi connectivity index (χ2n) is 11.9. The Morgan fingerprint density at radius 3 is 2.59 bits per heavy atom. The first-order chi connectivity index (χ1) is 19.1. The summed E-state index contributed by atoms with van der Waals surface area (Å²) in [5.41, 5.74) is 3.28. The van der Waals surface area contributed by atoms with Crippen LogP contribution in [0, 0.1) is 23.2 Å². The van der Waals surface area contributed by atoms with Gasteiger partial charge in [0.25, 0.3) is 0 Å². The Hall–Kier alpha value is -1.22. The maximum Gasteiger partial charge on any atom is 0.189 e. The number of hydrogen-bond donors (Lipinski definition) is 1. The summed E-state index contributed by atoms with van der Waals surface area (Å²) in [7, 11) is 1.72. The molecule has 3 aliphatic rings. The molecule has 222 valence electrons. The summed E-state index contributed by atoms with van der Waals surface area (Å²) in [5.74, 6) is 3.65. The second kappa shape index (κ2) is 15.7. The molecule has 0 spiro atoms. The highest BCUT2D eigenvalue weighted by atomic mass is 16.7. The Morgan fingerprint density at radius 1 is 0.949 bits per heavy atom. The van der Waals surface area contributed by atoms with Gasteiger partial charge in [-0.25, -0.2) is 0 Å². The molecule has 6 atom stereocenters. The lowest BCUT2D eigenvalue weighted by Crippen LogP contribution is -2.47. The molecule has 39 heavy (non-hydrogen) atoms. The van der Waals surface area contributed by atoms with Gasteiger partial charge in [0.2, 0.25) is 0 Å². The van der Waals surface area contributed by atoms with Gasteiger partial charge >= 0.3 is 0 Å². The first-order valence-electron chi connectivity index (χ1n) is 15.3. The molecule has 2 saturated carbocycles. The van der Waals surface area contributed by atoms with Crippen LogP contribution in [0.5, 0.6) is 5.75 Å². The average molecular weight is 549 g/mol. The standard InChI is InChI=1S/C32H52O7/c1-4-35-23-38-26-9-10-27-25(21-26)20-24(8-6-5-7-16-36-18-19-37-17-15-33)31-28(27)13-14-32(2)29(31)11-12-30(32)39-22-34-3/h9-10,21,24,28-31,33H,4-8,11-20,22-23H2,1-3H3/t24-,28?,29?,30?,31?,32+/m1/s1. The van der Waals surface area contributed by atoms with E-state index in [9.17, 15) is 0 Å². The van der Waals surface area contributed by atoms with Gasteiger partial charge in [-0.1, -0.05) is 25.8 Å². The van der Waals surface area contributed by atoms with Crippen molar-refractivity contribution < 1.29 is 33.5 Å². The lowest BCUT2D eigenvalue weighted by Gasteiger charge is -2.53. The van der Waals surface area contributed by atoms with Crippen molar-refractivity contribution in [1.29, 1.82) is 0 Å². The maximum atomic E-state index is 8.78. The molecule has 4 unspecified atom stereocenters. The third-order valence-electron chi connectivity index (χ3n) is 9.66. The molecule has 2 fully saturated rings. The number of aliphatic hydroxyl groups excluding tert-OH is 1. The first kappa shape index (κ1) is 30.7. The highest BCUT2D eigenvalue weighted by molar-refractivity contribution is 5.41. The van der Waals surface area contributed by atoms with Crippen LogP contribution in [0.25, 0.3) is 0 Å². The molecule has 0 amide bonds. The van der Waals surface area contributed by atoms with Crippen molar-refractivity contribution in [3.63, 3.8) is 0 Å². The molecule has 1 N–H and O–H groups in total. The Labute approximate surface area is 235 Å². The van der Waals surface area contributed by atoms with Crippen molar-refractivity contribution in [2.24, 2.45) is 23.2 Å². The molecule has 7 nitrogen and oxygen atoms in total. The van der Waals surface area contributed by atoms with Crippen molar-refractivity contribution in [1.82, 2.24) is 0 Å². The molecular formula is C32H52O7. The SMILES string of the molecule is CCOCOc1ccc2c(c1)C[C@@H](CCCCCOCCOCCO)C1C2CC[C@]2(C)C(OCOC)CCC12. The van der Waals surface area contributed by atoms with Gasteiger partial charge in [-0.05, 0) is 104 Å². The molecule has 0 heterocycles. The lowest BCUT2D eigenvalue weighted by atomic mass is 9.52. The van der Waals surface area contributed by atoms with E-state index < -0.39 is 0 Å². The molecule has 0 radical (unpaired) electrons. The zero-order valence-electron chi connectivity index (χ0n) is 24.5. The fraction of sp³-hybridized carbons (Fsp3) is 0.812. The molecule has 4 rings (SSSR count). The van der Waals surface area contributed by atoms with Crippen LogP contribution in [0.4, 0.5) is 0 Å². The van der Waals surface area contributed by atoms with Crippen LogP contribution in [0.15, 0.2) is 18.2 Å². The molecule has 0 aromatic heterocycles. The molecule has 7 heteroatoms. The fourth-order valence-electron chi connectivity index (χ4n) is 7.88. The lowest BCUT2D eigenvalue weighted by molar-refractivity contribution is -0.128. The van der Waals surface area contributed by atoms with E-state index in [0.717, 1.165) is 31.6 Å². The molecule has 0 bridgehead atoms. The summed E-state index contributed by atoms with van der Waals surface area (Å²) in [4.78, 5) is 0. The Bertz CT molecular complexity index is 848. The van der Waals surface area contributed by atoms with E-state index in [1.807, 2.05) is 6.92 Å². The number of fused-ring (bicyclic) bond motifs is 5. The second-order valence-corrected chi connectivity index (χ2v) is 11.9. The number of ether oxygens (including phenoxy) is 6. The maximum absolute atomic E-state index is 8.78. The van der Waals surface area contributed by atoms with E-state index in [1.54, 1.807) is 12.7 Å². The minimum absolute atomic E-state index is 0.0654. The van der Waals surface area contributed by atoms with Crippen molar-refractivity contribution in [3.8, 4) is 5.75 Å². The van der Waals surface area contributed by atoms with E-state index >= 15 is 0 Å². The summed E-state index contributed by atoms with van der Waals surface area (Å²) in [5, 5.41) is 8.78. The summed E-state index contributed by atoms with van der Waals surface area (Å²) in [6.07, 6.45) is 11.1. The van der Waals surface area contributed by atoms with Gasteiger partial charge in [0.15, 0.2) is 6.79 Å². The van der Waals surface area contributed by atoms with Crippen molar-refractivity contribution in [2.45, 2.75) is 83.7 Å². The van der Waals surface area contributed by atoms with Crippen LogP contribution in [0.3, 0.4) is 0 Å². The van der Waals surface area contributed by atoms with Crippen molar-refractivity contribution in [2.75, 3.05) is 60.3 Å². The Kier molecular flexibility index (Phi) is 12.4. The molecule has 1 aromatic carbocycles. The molecule has 0 saturated heterocycles. The summed E-state index contributed by atoms with van der Waals surface area (Å²) in [6.45, 7) is 8.24. The third-order valence-corrected chi connectivity index (χ3v) is 9.66. The van der Waals surface area contributed by atoms with Gasteiger partial charge in [-0.2, -0.15) is 0 Å². The quantitative estimate of drug-likeness (QED) is 0.186.